The molecule has 0 aromatic heterocycles. The number of carbonyl (C=O) groups is 1. The number of hydrogen-bond donors (Lipinski definition) is 3. The number of carbonyl (C=O) groups excluding carboxylic acids is 1. The maximum Gasteiger partial charge on any atom is 0.255 e. The molecule has 1 atom stereocenters. The molecule has 28 heavy (non-hydrogen) atoms. The van der Waals surface area contributed by atoms with Gasteiger partial charge < -0.3 is 15.8 Å². The monoisotopic (exact) mass is 427 g/mol. The number of rotatable bonds is 9. The number of halogens is 1. The molecule has 0 aliphatic heterocycles. The fourth-order valence-corrected chi connectivity index (χ4v) is 3.54. The summed E-state index contributed by atoms with van der Waals surface area (Å²) in [5.41, 5.74) is 6.35. The summed E-state index contributed by atoms with van der Waals surface area (Å²) in [6, 6.07) is 12.6. The van der Waals surface area contributed by atoms with E-state index in [-0.39, 0.29) is 29.3 Å². The van der Waals surface area contributed by atoms with E-state index in [1.54, 1.807) is 31.2 Å². The Morgan fingerprint density at radius 1 is 1.11 bits per heavy atom. The van der Waals surface area contributed by atoms with Gasteiger partial charge in [-0.2, -0.15) is 0 Å². The molecule has 0 fully saturated rings. The lowest BCUT2D eigenvalue weighted by Crippen LogP contribution is -2.32. The highest BCUT2D eigenvalue weighted by molar-refractivity contribution is 7.89. The summed E-state index contributed by atoms with van der Waals surface area (Å²) < 4.78 is 32.5. The lowest BCUT2D eigenvalue weighted by molar-refractivity contribution is 0.102. The number of anilines is 1. The van der Waals surface area contributed by atoms with Crippen molar-refractivity contribution in [2.75, 3.05) is 18.5 Å². The first-order chi connectivity index (χ1) is 12.9. The van der Waals surface area contributed by atoms with Gasteiger partial charge in [0.2, 0.25) is 10.0 Å². The molecule has 0 saturated heterocycles. The van der Waals surface area contributed by atoms with Crippen LogP contribution in [0, 0.1) is 0 Å². The molecule has 4 N–H and O–H groups in total. The molecule has 0 radical (unpaired) electrons. The van der Waals surface area contributed by atoms with E-state index in [1.807, 2.05) is 6.92 Å². The van der Waals surface area contributed by atoms with Crippen molar-refractivity contribution in [3.63, 3.8) is 0 Å². The van der Waals surface area contributed by atoms with Gasteiger partial charge in [0, 0.05) is 23.8 Å². The highest BCUT2D eigenvalue weighted by Gasteiger charge is 2.17. The van der Waals surface area contributed by atoms with Crippen molar-refractivity contribution in [3.05, 3.63) is 54.1 Å². The molecule has 0 spiro atoms. The van der Waals surface area contributed by atoms with Crippen molar-refractivity contribution >= 4 is 34.0 Å². The van der Waals surface area contributed by atoms with E-state index in [9.17, 15) is 13.2 Å². The minimum Gasteiger partial charge on any atom is -0.492 e. The molecule has 0 aliphatic carbocycles. The van der Waals surface area contributed by atoms with Gasteiger partial charge in [-0.05, 0) is 61.9 Å². The Balaban J connectivity index is 0.00000392. The number of ether oxygens (including phenoxy) is 1. The van der Waals surface area contributed by atoms with E-state index in [0.717, 1.165) is 0 Å². The number of sulfonamides is 1. The Morgan fingerprint density at radius 2 is 1.71 bits per heavy atom. The van der Waals surface area contributed by atoms with Crippen molar-refractivity contribution in [2.45, 2.75) is 31.2 Å². The van der Waals surface area contributed by atoms with Crippen LogP contribution < -0.4 is 20.5 Å². The van der Waals surface area contributed by atoms with E-state index in [0.29, 0.717) is 36.6 Å². The van der Waals surface area contributed by atoms with Crippen LogP contribution in [0.1, 0.15) is 30.6 Å². The lowest BCUT2D eigenvalue weighted by Gasteiger charge is -2.12. The summed E-state index contributed by atoms with van der Waals surface area (Å²) in [6.45, 7) is 4.55. The Bertz CT molecular complexity index is 856. The van der Waals surface area contributed by atoms with Gasteiger partial charge in [-0.3, -0.25) is 4.79 Å². The van der Waals surface area contributed by atoms with Gasteiger partial charge in [0.05, 0.1) is 4.90 Å². The highest BCUT2D eigenvalue weighted by atomic mass is 35.5. The summed E-state index contributed by atoms with van der Waals surface area (Å²) in [4.78, 5) is 12.5. The van der Waals surface area contributed by atoms with Crippen LogP contribution in [0.3, 0.4) is 0 Å². The Hall–Kier alpha value is -2.13. The highest BCUT2D eigenvalue weighted by Crippen LogP contribution is 2.17. The normalized spacial score (nSPS) is 12.0. The third-order valence-corrected chi connectivity index (χ3v) is 5.50. The van der Waals surface area contributed by atoms with Crippen molar-refractivity contribution in [1.82, 2.24) is 4.72 Å². The first-order valence-corrected chi connectivity index (χ1v) is 10.2. The molecule has 0 saturated carbocycles. The number of amides is 1. The van der Waals surface area contributed by atoms with Gasteiger partial charge in [0.25, 0.3) is 5.91 Å². The fraction of sp³-hybridized carbons (Fsp3) is 0.316. The summed E-state index contributed by atoms with van der Waals surface area (Å²) in [5.74, 6) is 0.339. The minimum atomic E-state index is -3.59. The summed E-state index contributed by atoms with van der Waals surface area (Å²) >= 11 is 0. The maximum atomic E-state index is 12.3. The van der Waals surface area contributed by atoms with Gasteiger partial charge >= 0.3 is 0 Å². The second-order valence-corrected chi connectivity index (χ2v) is 7.78. The molecular weight excluding hydrogens is 402 g/mol. The quantitative estimate of drug-likeness (QED) is 0.569. The van der Waals surface area contributed by atoms with E-state index < -0.39 is 10.0 Å². The molecular formula is C19H26ClN3O4S. The van der Waals surface area contributed by atoms with Gasteiger partial charge in [-0.15, -0.1) is 12.4 Å². The van der Waals surface area contributed by atoms with Crippen LogP contribution in [0.5, 0.6) is 5.75 Å². The second-order valence-electron chi connectivity index (χ2n) is 6.07. The molecule has 0 heterocycles. The van der Waals surface area contributed by atoms with E-state index in [2.05, 4.69) is 10.0 Å². The van der Waals surface area contributed by atoms with Crippen LogP contribution in [0.2, 0.25) is 0 Å². The van der Waals surface area contributed by atoms with Crippen LogP contribution in [-0.2, 0) is 10.0 Å². The molecule has 154 valence electrons. The fourth-order valence-electron chi connectivity index (χ4n) is 2.22. The molecule has 0 aliphatic rings. The first kappa shape index (κ1) is 23.9. The summed E-state index contributed by atoms with van der Waals surface area (Å²) in [6.07, 6.45) is 0.690. The number of nitrogens with two attached hydrogens (primary N) is 1. The van der Waals surface area contributed by atoms with Crippen LogP contribution in [0.4, 0.5) is 5.69 Å². The van der Waals surface area contributed by atoms with Crippen LogP contribution in [0.15, 0.2) is 53.4 Å². The predicted octanol–water partition coefficient (Wildman–Crippen LogP) is 2.77. The van der Waals surface area contributed by atoms with E-state index >= 15 is 0 Å². The maximum absolute atomic E-state index is 12.3. The van der Waals surface area contributed by atoms with Crippen LogP contribution in [0.25, 0.3) is 0 Å². The van der Waals surface area contributed by atoms with Crippen molar-refractivity contribution in [3.8, 4) is 5.75 Å². The van der Waals surface area contributed by atoms with Crippen molar-refractivity contribution in [2.24, 2.45) is 5.73 Å². The molecule has 7 nitrogen and oxygen atoms in total. The van der Waals surface area contributed by atoms with Gasteiger partial charge in [-0.25, -0.2) is 13.1 Å². The zero-order chi connectivity index (χ0) is 19.9. The van der Waals surface area contributed by atoms with Crippen molar-refractivity contribution < 1.29 is 17.9 Å². The van der Waals surface area contributed by atoms with Crippen LogP contribution in [-0.4, -0.2) is 33.5 Å². The Kier molecular flexibility index (Phi) is 9.40. The smallest absolute Gasteiger partial charge is 0.255 e. The number of hydrogen-bond acceptors (Lipinski definition) is 5. The first-order valence-electron chi connectivity index (χ1n) is 8.72. The lowest BCUT2D eigenvalue weighted by atomic mass is 10.2. The average molecular weight is 428 g/mol. The van der Waals surface area contributed by atoms with E-state index in [1.165, 1.54) is 24.3 Å². The van der Waals surface area contributed by atoms with Gasteiger partial charge in [0.1, 0.15) is 12.4 Å². The minimum absolute atomic E-state index is 0. The number of benzene rings is 2. The van der Waals surface area contributed by atoms with E-state index in [4.69, 9.17) is 10.5 Å². The average Bonchev–Trinajstić information content (AvgIpc) is 2.67. The SMILES string of the molecule is CCC(C)NS(=O)(=O)c1ccc(C(=O)Nc2ccc(OCCN)cc2)cc1.Cl. The molecule has 2 aromatic carbocycles. The number of nitrogens with one attached hydrogen (secondary N) is 2. The molecule has 9 heteroatoms. The Morgan fingerprint density at radius 3 is 2.25 bits per heavy atom. The summed E-state index contributed by atoms with van der Waals surface area (Å²) in [7, 11) is -3.59. The Labute approximate surface area is 172 Å². The third-order valence-electron chi connectivity index (χ3n) is 3.89. The van der Waals surface area contributed by atoms with Crippen LogP contribution >= 0.6 is 12.4 Å². The topological polar surface area (TPSA) is 111 Å². The van der Waals surface area contributed by atoms with Gasteiger partial charge in [0.15, 0.2) is 0 Å². The molecule has 0 bridgehead atoms. The molecule has 1 unspecified atom stereocenters. The third kappa shape index (κ3) is 6.79. The zero-order valence-electron chi connectivity index (χ0n) is 15.8. The standard InChI is InChI=1S/C19H25N3O4S.ClH/c1-3-14(2)22-27(24,25)18-10-4-15(5-11-18)19(23)21-16-6-8-17(9-7-16)26-13-12-20;/h4-11,14,22H,3,12-13,20H2,1-2H3,(H,21,23);1H. The molecule has 2 rings (SSSR count). The van der Waals surface area contributed by atoms with Crippen molar-refractivity contribution in [1.29, 1.82) is 0 Å². The van der Waals surface area contributed by atoms with Gasteiger partial charge in [-0.1, -0.05) is 6.92 Å². The predicted molar refractivity (Wildman–Crippen MR) is 113 cm³/mol. The summed E-state index contributed by atoms with van der Waals surface area (Å²) in [5, 5.41) is 2.76. The zero-order valence-corrected chi connectivity index (χ0v) is 17.5. The largest absolute Gasteiger partial charge is 0.492 e. The molecule has 1 amide bonds. The second kappa shape index (κ2) is 11.0. The molecule has 2 aromatic rings.